The van der Waals surface area contributed by atoms with Crippen LogP contribution in [0.3, 0.4) is 0 Å². The largest absolute Gasteiger partial charge is 0.484 e. The van der Waals surface area contributed by atoms with Crippen LogP contribution in [0, 0.1) is 10.1 Å². The Morgan fingerprint density at radius 1 is 1.44 bits per heavy atom. The molecule has 1 fully saturated rings. The maximum Gasteiger partial charge on any atom is 0.311 e. The average Bonchev–Trinajstić information content (AvgIpc) is 3.00. The molecule has 1 aromatic carbocycles. The van der Waals surface area contributed by atoms with Crippen molar-refractivity contribution in [3.63, 3.8) is 0 Å². The van der Waals surface area contributed by atoms with E-state index < -0.39 is 0 Å². The van der Waals surface area contributed by atoms with Crippen LogP contribution in [-0.2, 0) is 0 Å². The van der Waals surface area contributed by atoms with E-state index in [1.165, 1.54) is 0 Å². The van der Waals surface area contributed by atoms with Crippen LogP contribution in [0.4, 0.5) is 5.69 Å². The molecule has 86 valence electrons. The summed E-state index contributed by atoms with van der Waals surface area (Å²) in [5.74, 6) is 0.885. The normalized spacial score (nSPS) is 15.2. The van der Waals surface area contributed by atoms with Crippen LogP contribution in [0.25, 0.3) is 0 Å². The molecule has 1 aliphatic carbocycles. The molecule has 0 N–H and O–H groups in total. The summed E-state index contributed by atoms with van der Waals surface area (Å²) < 4.78 is 5.42. The molecule has 0 aromatic heterocycles. The highest BCUT2D eigenvalue weighted by Crippen LogP contribution is 2.42. The van der Waals surface area contributed by atoms with Crippen molar-refractivity contribution >= 4 is 5.69 Å². The van der Waals surface area contributed by atoms with Crippen molar-refractivity contribution in [3.05, 3.63) is 33.9 Å². The van der Waals surface area contributed by atoms with Crippen molar-refractivity contribution in [2.75, 3.05) is 0 Å². The molecule has 4 heteroatoms. The van der Waals surface area contributed by atoms with E-state index in [0.717, 1.165) is 18.4 Å². The predicted octanol–water partition coefficient (Wildman–Crippen LogP) is 3.26. The third-order valence-electron chi connectivity index (χ3n) is 2.59. The zero-order valence-electron chi connectivity index (χ0n) is 9.47. The quantitative estimate of drug-likeness (QED) is 0.579. The van der Waals surface area contributed by atoms with Gasteiger partial charge in [0.05, 0.1) is 11.0 Å². The second-order valence-electron chi connectivity index (χ2n) is 4.43. The summed E-state index contributed by atoms with van der Waals surface area (Å²) in [5.41, 5.74) is 1.14. The van der Waals surface area contributed by atoms with Gasteiger partial charge in [0.25, 0.3) is 0 Å². The van der Waals surface area contributed by atoms with E-state index >= 15 is 0 Å². The molecule has 0 bridgehead atoms. The van der Waals surface area contributed by atoms with Gasteiger partial charge in [-0.1, -0.05) is 6.07 Å². The van der Waals surface area contributed by atoms with Gasteiger partial charge in [-0.05, 0) is 44.2 Å². The van der Waals surface area contributed by atoms with E-state index in [1.807, 2.05) is 19.9 Å². The third kappa shape index (κ3) is 2.32. The molecular weight excluding hydrogens is 206 g/mol. The lowest BCUT2D eigenvalue weighted by Crippen LogP contribution is -2.07. The molecule has 0 radical (unpaired) electrons. The fourth-order valence-corrected chi connectivity index (χ4v) is 1.70. The lowest BCUT2D eigenvalue weighted by atomic mass is 10.1. The van der Waals surface area contributed by atoms with Crippen molar-refractivity contribution in [2.24, 2.45) is 0 Å². The number of hydrogen-bond acceptors (Lipinski definition) is 3. The van der Waals surface area contributed by atoms with E-state index in [2.05, 4.69) is 0 Å². The Bertz CT molecular complexity index is 411. The fraction of sp³-hybridized carbons (Fsp3) is 0.500. The number of nitro groups is 1. The monoisotopic (exact) mass is 221 g/mol. The topological polar surface area (TPSA) is 52.4 Å². The minimum absolute atomic E-state index is 0.0505. The van der Waals surface area contributed by atoms with Gasteiger partial charge in [-0.3, -0.25) is 10.1 Å². The number of nitro benzene ring substituents is 1. The first-order valence-corrected chi connectivity index (χ1v) is 5.53. The maximum absolute atomic E-state index is 10.9. The third-order valence-corrected chi connectivity index (χ3v) is 2.59. The first-order chi connectivity index (χ1) is 7.58. The van der Waals surface area contributed by atoms with Crippen molar-refractivity contribution in [3.8, 4) is 5.75 Å². The number of hydrogen-bond donors (Lipinski definition) is 0. The molecule has 16 heavy (non-hydrogen) atoms. The van der Waals surface area contributed by atoms with E-state index in [4.69, 9.17) is 4.74 Å². The van der Waals surface area contributed by atoms with Gasteiger partial charge in [0.2, 0.25) is 0 Å². The zero-order chi connectivity index (χ0) is 11.7. The minimum Gasteiger partial charge on any atom is -0.484 e. The van der Waals surface area contributed by atoms with Crippen molar-refractivity contribution in [1.29, 1.82) is 0 Å². The molecule has 0 aliphatic heterocycles. The van der Waals surface area contributed by atoms with E-state index in [-0.39, 0.29) is 16.7 Å². The molecule has 2 rings (SSSR count). The van der Waals surface area contributed by atoms with Crippen molar-refractivity contribution < 1.29 is 9.66 Å². The molecule has 0 heterocycles. The first kappa shape index (κ1) is 10.9. The summed E-state index contributed by atoms with van der Waals surface area (Å²) in [4.78, 5) is 10.6. The Hall–Kier alpha value is -1.58. The molecule has 1 saturated carbocycles. The minimum atomic E-state index is -0.371. The van der Waals surface area contributed by atoms with Crippen LogP contribution >= 0.6 is 0 Å². The summed E-state index contributed by atoms with van der Waals surface area (Å²) in [6.45, 7) is 3.72. The van der Waals surface area contributed by atoms with Crippen molar-refractivity contribution in [2.45, 2.75) is 38.7 Å². The Balaban J connectivity index is 2.32. The van der Waals surface area contributed by atoms with Gasteiger partial charge in [0, 0.05) is 6.07 Å². The molecular formula is C12H15NO3. The second-order valence-corrected chi connectivity index (χ2v) is 4.43. The van der Waals surface area contributed by atoms with Crippen LogP contribution in [0.1, 0.15) is 38.2 Å². The van der Waals surface area contributed by atoms with Crippen LogP contribution in [-0.4, -0.2) is 11.0 Å². The number of rotatable bonds is 4. The first-order valence-electron chi connectivity index (χ1n) is 5.53. The molecule has 0 atom stereocenters. The Kier molecular flexibility index (Phi) is 2.81. The van der Waals surface area contributed by atoms with Crippen LogP contribution in [0.2, 0.25) is 0 Å². The van der Waals surface area contributed by atoms with Crippen LogP contribution < -0.4 is 4.74 Å². The van der Waals surface area contributed by atoms with Gasteiger partial charge < -0.3 is 4.74 Å². The summed E-state index contributed by atoms with van der Waals surface area (Å²) in [7, 11) is 0. The van der Waals surface area contributed by atoms with Gasteiger partial charge >= 0.3 is 5.69 Å². The molecule has 1 aliphatic rings. The van der Waals surface area contributed by atoms with Gasteiger partial charge in [-0.25, -0.2) is 0 Å². The lowest BCUT2D eigenvalue weighted by molar-refractivity contribution is -0.386. The average molecular weight is 221 g/mol. The molecule has 0 saturated heterocycles. The lowest BCUT2D eigenvalue weighted by Gasteiger charge is -2.10. The molecule has 0 unspecified atom stereocenters. The van der Waals surface area contributed by atoms with Crippen LogP contribution in [0.5, 0.6) is 5.75 Å². The molecule has 0 spiro atoms. The van der Waals surface area contributed by atoms with Gasteiger partial charge in [0.1, 0.15) is 0 Å². The molecule has 4 nitrogen and oxygen atoms in total. The number of nitrogens with zero attached hydrogens (tertiary/aromatic N) is 1. The van der Waals surface area contributed by atoms with Gasteiger partial charge in [0.15, 0.2) is 5.75 Å². The van der Waals surface area contributed by atoms with Crippen LogP contribution in [0.15, 0.2) is 18.2 Å². The van der Waals surface area contributed by atoms with E-state index in [1.54, 1.807) is 12.1 Å². The smallest absolute Gasteiger partial charge is 0.311 e. The highest BCUT2D eigenvalue weighted by Gasteiger charge is 2.27. The Morgan fingerprint density at radius 2 is 2.12 bits per heavy atom. The summed E-state index contributed by atoms with van der Waals surface area (Å²) in [5, 5.41) is 10.9. The SMILES string of the molecule is CC(C)Oc1ccc(C2CC2)cc1[N+](=O)[O-]. The highest BCUT2D eigenvalue weighted by molar-refractivity contribution is 5.50. The van der Waals surface area contributed by atoms with E-state index in [9.17, 15) is 10.1 Å². The maximum atomic E-state index is 10.9. The van der Waals surface area contributed by atoms with Gasteiger partial charge in [-0.2, -0.15) is 0 Å². The summed E-state index contributed by atoms with van der Waals surface area (Å²) >= 11 is 0. The standard InChI is InChI=1S/C12H15NO3/c1-8(2)16-12-6-5-10(9-3-4-9)7-11(12)13(14)15/h5-9H,3-4H2,1-2H3. The highest BCUT2D eigenvalue weighted by atomic mass is 16.6. The van der Waals surface area contributed by atoms with Crippen molar-refractivity contribution in [1.82, 2.24) is 0 Å². The summed E-state index contributed by atoms with van der Waals surface area (Å²) in [6, 6.07) is 5.30. The Morgan fingerprint density at radius 3 is 2.62 bits per heavy atom. The summed E-state index contributed by atoms with van der Waals surface area (Å²) in [6.07, 6.45) is 2.23. The number of ether oxygens (including phenoxy) is 1. The zero-order valence-corrected chi connectivity index (χ0v) is 9.47. The molecule has 1 aromatic rings. The molecule has 0 amide bonds. The van der Waals surface area contributed by atoms with E-state index in [0.29, 0.717) is 11.7 Å². The second kappa shape index (κ2) is 4.12. The fourth-order valence-electron chi connectivity index (χ4n) is 1.70. The predicted molar refractivity (Wildman–Crippen MR) is 60.8 cm³/mol. The number of benzene rings is 1. The van der Waals surface area contributed by atoms with Gasteiger partial charge in [-0.15, -0.1) is 0 Å². The Labute approximate surface area is 94.4 Å².